The molecule has 0 aromatic rings. The van der Waals surface area contributed by atoms with Crippen molar-refractivity contribution in [1.29, 1.82) is 0 Å². The van der Waals surface area contributed by atoms with Crippen molar-refractivity contribution < 1.29 is 5.11 Å². The first kappa shape index (κ1) is 11.9. The largest absolute Gasteiger partial charge is 0.395 e. The van der Waals surface area contributed by atoms with Crippen LogP contribution in [0.2, 0.25) is 0 Å². The van der Waals surface area contributed by atoms with Crippen molar-refractivity contribution in [3.63, 3.8) is 0 Å². The molecule has 2 N–H and O–H groups in total. The van der Waals surface area contributed by atoms with Gasteiger partial charge in [0.25, 0.3) is 0 Å². The Morgan fingerprint density at radius 1 is 1.42 bits per heavy atom. The molecule has 0 aromatic carbocycles. The molecule has 0 saturated carbocycles. The van der Waals surface area contributed by atoms with Crippen LogP contribution in [0.4, 0.5) is 0 Å². The van der Waals surface area contributed by atoms with Crippen molar-refractivity contribution in [2.45, 2.75) is 19.9 Å². The number of alkyl halides is 1. The van der Waals surface area contributed by atoms with Crippen LogP contribution >= 0.6 is 11.6 Å². The third kappa shape index (κ3) is 5.58. The first-order valence-electron chi connectivity index (χ1n) is 4.27. The Balaban J connectivity index is 3.51. The highest BCUT2D eigenvalue weighted by molar-refractivity contribution is 6.18. The van der Waals surface area contributed by atoms with Crippen LogP contribution in [0.5, 0.6) is 0 Å². The fraction of sp³-hybridized carbons (Fsp3) is 0.778. The lowest BCUT2D eigenvalue weighted by molar-refractivity contribution is 0.215. The van der Waals surface area contributed by atoms with E-state index in [1.807, 2.05) is 12.2 Å². The van der Waals surface area contributed by atoms with Crippen molar-refractivity contribution in [3.05, 3.63) is 12.2 Å². The summed E-state index contributed by atoms with van der Waals surface area (Å²) in [5, 5.41) is 12.1. The minimum atomic E-state index is 0.185. The monoisotopic (exact) mass is 191 g/mol. The molecule has 0 aliphatic rings. The van der Waals surface area contributed by atoms with Crippen molar-refractivity contribution >= 4 is 11.6 Å². The van der Waals surface area contributed by atoms with E-state index in [-0.39, 0.29) is 12.6 Å². The summed E-state index contributed by atoms with van der Waals surface area (Å²) < 4.78 is 0. The van der Waals surface area contributed by atoms with Gasteiger partial charge in [0.15, 0.2) is 0 Å². The highest BCUT2D eigenvalue weighted by atomic mass is 35.5. The van der Waals surface area contributed by atoms with Gasteiger partial charge in [0, 0.05) is 18.5 Å². The summed E-state index contributed by atoms with van der Waals surface area (Å²) in [7, 11) is 0. The van der Waals surface area contributed by atoms with Crippen molar-refractivity contribution in [3.8, 4) is 0 Å². The highest BCUT2D eigenvalue weighted by Crippen LogP contribution is 1.99. The Labute approximate surface area is 79.6 Å². The van der Waals surface area contributed by atoms with Gasteiger partial charge in [-0.1, -0.05) is 26.0 Å². The topological polar surface area (TPSA) is 32.3 Å². The van der Waals surface area contributed by atoms with E-state index in [1.54, 1.807) is 0 Å². The predicted octanol–water partition coefficient (Wildman–Crippen LogP) is 1.39. The molecule has 0 saturated heterocycles. The van der Waals surface area contributed by atoms with E-state index in [0.29, 0.717) is 11.8 Å². The number of nitrogens with one attached hydrogen (secondary N) is 1. The van der Waals surface area contributed by atoms with Gasteiger partial charge < -0.3 is 10.4 Å². The summed E-state index contributed by atoms with van der Waals surface area (Å²) in [6, 6.07) is 0.185. The van der Waals surface area contributed by atoms with Crippen LogP contribution in [0.1, 0.15) is 13.8 Å². The van der Waals surface area contributed by atoms with Crippen LogP contribution in [-0.2, 0) is 0 Å². The molecule has 0 radical (unpaired) electrons. The molecule has 0 aromatic heterocycles. The van der Waals surface area contributed by atoms with Crippen LogP contribution in [0, 0.1) is 5.92 Å². The molecule has 0 rings (SSSR count). The molecule has 0 heterocycles. The lowest BCUT2D eigenvalue weighted by Gasteiger charge is -2.18. The van der Waals surface area contributed by atoms with Crippen molar-refractivity contribution in [2.24, 2.45) is 5.92 Å². The van der Waals surface area contributed by atoms with Gasteiger partial charge in [0.05, 0.1) is 6.61 Å². The number of hydrogen-bond donors (Lipinski definition) is 2. The average Bonchev–Trinajstić information content (AvgIpc) is 2.04. The van der Waals surface area contributed by atoms with E-state index in [0.717, 1.165) is 6.54 Å². The molecular formula is C9H18ClNO. The van der Waals surface area contributed by atoms with E-state index in [4.69, 9.17) is 16.7 Å². The quantitative estimate of drug-likeness (QED) is 0.491. The summed E-state index contributed by atoms with van der Waals surface area (Å²) in [5.74, 6) is 1.01. The number of aliphatic hydroxyl groups excluding tert-OH is 1. The van der Waals surface area contributed by atoms with Crippen LogP contribution in [-0.4, -0.2) is 30.2 Å². The van der Waals surface area contributed by atoms with Crippen LogP contribution in [0.25, 0.3) is 0 Å². The van der Waals surface area contributed by atoms with Gasteiger partial charge in [-0.15, -0.1) is 11.6 Å². The zero-order valence-corrected chi connectivity index (χ0v) is 8.51. The molecule has 0 fully saturated rings. The molecule has 0 aliphatic heterocycles. The maximum absolute atomic E-state index is 8.94. The molecule has 3 heteroatoms. The fourth-order valence-corrected chi connectivity index (χ4v) is 1.00. The zero-order chi connectivity index (χ0) is 9.40. The third-order valence-electron chi connectivity index (χ3n) is 1.76. The molecule has 0 bridgehead atoms. The summed E-state index contributed by atoms with van der Waals surface area (Å²) in [4.78, 5) is 0. The van der Waals surface area contributed by atoms with Gasteiger partial charge >= 0.3 is 0 Å². The van der Waals surface area contributed by atoms with Gasteiger partial charge in [-0.3, -0.25) is 0 Å². The summed E-state index contributed by atoms with van der Waals surface area (Å²) >= 11 is 5.45. The van der Waals surface area contributed by atoms with E-state index in [2.05, 4.69) is 19.2 Å². The number of aliphatic hydroxyl groups is 1. The number of halogens is 1. The number of allylic oxidation sites excluding steroid dienone is 1. The first-order chi connectivity index (χ1) is 5.72. The van der Waals surface area contributed by atoms with Gasteiger partial charge in [0.1, 0.15) is 0 Å². The third-order valence-corrected chi connectivity index (χ3v) is 1.93. The summed E-state index contributed by atoms with van der Waals surface area (Å²) in [6.07, 6.45) is 3.86. The first-order valence-corrected chi connectivity index (χ1v) is 4.81. The van der Waals surface area contributed by atoms with Crippen molar-refractivity contribution in [1.82, 2.24) is 5.32 Å². The van der Waals surface area contributed by atoms with Gasteiger partial charge in [-0.2, -0.15) is 0 Å². The summed E-state index contributed by atoms with van der Waals surface area (Å²) in [5.41, 5.74) is 0. The highest BCUT2D eigenvalue weighted by Gasteiger charge is 2.08. The van der Waals surface area contributed by atoms with Gasteiger partial charge in [-0.25, -0.2) is 0 Å². The molecule has 0 spiro atoms. The van der Waals surface area contributed by atoms with Crippen LogP contribution in [0.3, 0.4) is 0 Å². The average molecular weight is 192 g/mol. The van der Waals surface area contributed by atoms with Gasteiger partial charge in [-0.05, 0) is 5.92 Å². The van der Waals surface area contributed by atoms with E-state index < -0.39 is 0 Å². The van der Waals surface area contributed by atoms with E-state index in [9.17, 15) is 0 Å². The van der Waals surface area contributed by atoms with Crippen LogP contribution < -0.4 is 5.32 Å². The van der Waals surface area contributed by atoms with E-state index >= 15 is 0 Å². The Hall–Kier alpha value is -0.0500. The second-order valence-electron chi connectivity index (χ2n) is 3.07. The zero-order valence-electron chi connectivity index (χ0n) is 7.76. The summed E-state index contributed by atoms with van der Waals surface area (Å²) in [6.45, 7) is 5.13. The normalized spacial score (nSPS) is 14.4. The molecule has 0 aliphatic carbocycles. The van der Waals surface area contributed by atoms with Gasteiger partial charge in [0.2, 0.25) is 0 Å². The van der Waals surface area contributed by atoms with Crippen molar-refractivity contribution in [2.75, 3.05) is 19.0 Å². The smallest absolute Gasteiger partial charge is 0.0587 e. The fourth-order valence-electron chi connectivity index (χ4n) is 0.877. The molecular weight excluding hydrogens is 174 g/mol. The lowest BCUT2D eigenvalue weighted by Crippen LogP contribution is -2.37. The molecule has 72 valence electrons. The lowest BCUT2D eigenvalue weighted by atomic mass is 10.1. The standard InChI is InChI=1S/C9H18ClNO/c1-8(2)9(7-12)11-6-4-3-5-10/h3-4,8-9,11-12H,5-7H2,1-2H3/b4-3+. The maximum atomic E-state index is 8.94. The Kier molecular flexibility index (Phi) is 7.56. The molecule has 1 atom stereocenters. The molecule has 12 heavy (non-hydrogen) atoms. The second-order valence-corrected chi connectivity index (χ2v) is 3.38. The molecule has 0 amide bonds. The second kappa shape index (κ2) is 7.59. The Morgan fingerprint density at radius 2 is 2.08 bits per heavy atom. The molecule has 2 nitrogen and oxygen atoms in total. The SMILES string of the molecule is CC(C)C(CO)NC/C=C/CCl. The minimum Gasteiger partial charge on any atom is -0.395 e. The Bertz CT molecular complexity index is 126. The van der Waals surface area contributed by atoms with E-state index in [1.165, 1.54) is 0 Å². The number of rotatable bonds is 6. The Morgan fingerprint density at radius 3 is 2.50 bits per heavy atom. The molecule has 1 unspecified atom stereocenters. The maximum Gasteiger partial charge on any atom is 0.0587 e. The predicted molar refractivity (Wildman–Crippen MR) is 53.6 cm³/mol. The number of hydrogen-bond acceptors (Lipinski definition) is 2. The minimum absolute atomic E-state index is 0.185. The van der Waals surface area contributed by atoms with Crippen LogP contribution in [0.15, 0.2) is 12.2 Å².